The molecule has 1 fully saturated rings. The minimum atomic E-state index is 0.0184. The van der Waals surface area contributed by atoms with Crippen LogP contribution >= 0.6 is 0 Å². The topological polar surface area (TPSA) is 26.3 Å². The fraction of sp³-hybridized carbons (Fsp3) is 0.727. The van der Waals surface area contributed by atoms with Gasteiger partial charge < -0.3 is 4.74 Å². The molecule has 1 saturated carbocycles. The van der Waals surface area contributed by atoms with Crippen LogP contribution in [0.25, 0.3) is 0 Å². The van der Waals surface area contributed by atoms with Gasteiger partial charge in [-0.3, -0.25) is 4.79 Å². The highest BCUT2D eigenvalue weighted by Crippen LogP contribution is 2.27. The van der Waals surface area contributed by atoms with Crippen molar-refractivity contribution in [3.05, 3.63) is 12.7 Å². The van der Waals surface area contributed by atoms with Gasteiger partial charge >= 0.3 is 5.97 Å². The fourth-order valence-corrected chi connectivity index (χ4v) is 1.33. The van der Waals surface area contributed by atoms with E-state index in [2.05, 4.69) is 6.58 Å². The lowest BCUT2D eigenvalue weighted by molar-refractivity contribution is -0.151. The SMILES string of the molecule is C=CCCCCOC(=O)C1CCC1. The Balaban J connectivity index is 1.92. The van der Waals surface area contributed by atoms with Crippen molar-refractivity contribution in [2.24, 2.45) is 5.92 Å². The third kappa shape index (κ3) is 3.62. The van der Waals surface area contributed by atoms with E-state index in [9.17, 15) is 4.79 Å². The number of unbranched alkanes of at least 4 members (excludes halogenated alkanes) is 2. The van der Waals surface area contributed by atoms with E-state index >= 15 is 0 Å². The zero-order valence-electron chi connectivity index (χ0n) is 8.13. The van der Waals surface area contributed by atoms with Crippen LogP contribution in [-0.2, 0) is 9.53 Å². The second-order valence-electron chi connectivity index (χ2n) is 3.58. The number of ether oxygens (including phenoxy) is 1. The van der Waals surface area contributed by atoms with Crippen LogP contribution in [0.15, 0.2) is 12.7 Å². The smallest absolute Gasteiger partial charge is 0.308 e. The molecule has 0 saturated heterocycles. The number of hydrogen-bond acceptors (Lipinski definition) is 2. The largest absolute Gasteiger partial charge is 0.465 e. The summed E-state index contributed by atoms with van der Waals surface area (Å²) in [6.07, 6.45) is 8.20. The zero-order valence-corrected chi connectivity index (χ0v) is 8.13. The molecule has 0 heterocycles. The molecule has 0 spiro atoms. The first-order chi connectivity index (χ1) is 6.34. The van der Waals surface area contributed by atoms with Crippen LogP contribution in [0.5, 0.6) is 0 Å². The number of carbonyl (C=O) groups is 1. The molecule has 0 aromatic heterocycles. The quantitative estimate of drug-likeness (QED) is 0.358. The number of carbonyl (C=O) groups excluding carboxylic acids is 1. The maximum atomic E-state index is 11.2. The van der Waals surface area contributed by atoms with E-state index in [-0.39, 0.29) is 11.9 Å². The summed E-state index contributed by atoms with van der Waals surface area (Å²) in [5, 5.41) is 0. The molecular weight excluding hydrogens is 164 g/mol. The molecule has 0 aromatic carbocycles. The highest BCUT2D eigenvalue weighted by atomic mass is 16.5. The minimum absolute atomic E-state index is 0.0184. The molecule has 1 rings (SSSR count). The summed E-state index contributed by atoms with van der Waals surface area (Å²) >= 11 is 0. The first-order valence-corrected chi connectivity index (χ1v) is 5.12. The van der Waals surface area contributed by atoms with E-state index < -0.39 is 0 Å². The molecule has 1 aliphatic rings. The van der Waals surface area contributed by atoms with Gasteiger partial charge in [0.1, 0.15) is 0 Å². The normalized spacial score (nSPS) is 16.3. The van der Waals surface area contributed by atoms with Crippen LogP contribution in [0.3, 0.4) is 0 Å². The average molecular weight is 182 g/mol. The predicted molar refractivity (Wildman–Crippen MR) is 52.3 cm³/mol. The van der Waals surface area contributed by atoms with Crippen LogP contribution < -0.4 is 0 Å². The van der Waals surface area contributed by atoms with Gasteiger partial charge in [0.2, 0.25) is 0 Å². The molecule has 2 nitrogen and oxygen atoms in total. The molecular formula is C11H18O2. The lowest BCUT2D eigenvalue weighted by Gasteiger charge is -2.22. The van der Waals surface area contributed by atoms with Crippen LogP contribution in [-0.4, -0.2) is 12.6 Å². The highest BCUT2D eigenvalue weighted by molar-refractivity contribution is 5.73. The van der Waals surface area contributed by atoms with Crippen molar-refractivity contribution >= 4 is 5.97 Å². The zero-order chi connectivity index (χ0) is 9.52. The molecule has 0 unspecified atom stereocenters. The van der Waals surface area contributed by atoms with Crippen molar-refractivity contribution in [3.63, 3.8) is 0 Å². The van der Waals surface area contributed by atoms with Gasteiger partial charge in [0.05, 0.1) is 12.5 Å². The van der Waals surface area contributed by atoms with Crippen molar-refractivity contribution in [2.45, 2.75) is 38.5 Å². The van der Waals surface area contributed by atoms with E-state index in [0.717, 1.165) is 32.1 Å². The average Bonchev–Trinajstić information content (AvgIpc) is 2.01. The summed E-state index contributed by atoms with van der Waals surface area (Å²) in [7, 11) is 0. The summed E-state index contributed by atoms with van der Waals surface area (Å²) in [6, 6.07) is 0. The maximum absolute atomic E-state index is 11.2. The Kier molecular flexibility index (Phi) is 4.58. The predicted octanol–water partition coefficient (Wildman–Crippen LogP) is 2.69. The van der Waals surface area contributed by atoms with Crippen molar-refractivity contribution in [1.29, 1.82) is 0 Å². The van der Waals surface area contributed by atoms with Gasteiger partial charge in [-0.2, -0.15) is 0 Å². The molecule has 0 radical (unpaired) electrons. The van der Waals surface area contributed by atoms with Crippen LogP contribution in [0.4, 0.5) is 0 Å². The van der Waals surface area contributed by atoms with Gasteiger partial charge in [-0.1, -0.05) is 12.5 Å². The molecule has 0 amide bonds. The monoisotopic (exact) mass is 182 g/mol. The third-order valence-electron chi connectivity index (χ3n) is 2.49. The number of hydrogen-bond donors (Lipinski definition) is 0. The van der Waals surface area contributed by atoms with E-state index in [1.807, 2.05) is 6.08 Å². The minimum Gasteiger partial charge on any atom is -0.465 e. The second-order valence-corrected chi connectivity index (χ2v) is 3.58. The Morgan fingerprint density at radius 1 is 1.46 bits per heavy atom. The van der Waals surface area contributed by atoms with E-state index in [1.54, 1.807) is 0 Å². The number of rotatable bonds is 6. The van der Waals surface area contributed by atoms with Crippen LogP contribution in [0, 0.1) is 5.92 Å². The van der Waals surface area contributed by atoms with Gasteiger partial charge in [-0.05, 0) is 32.1 Å². The van der Waals surface area contributed by atoms with E-state index in [0.29, 0.717) is 6.61 Å². The molecule has 0 aromatic rings. The van der Waals surface area contributed by atoms with E-state index in [4.69, 9.17) is 4.74 Å². The lowest BCUT2D eigenvalue weighted by atomic mass is 9.86. The van der Waals surface area contributed by atoms with Crippen molar-refractivity contribution in [2.75, 3.05) is 6.61 Å². The van der Waals surface area contributed by atoms with Gasteiger partial charge in [0.25, 0.3) is 0 Å². The van der Waals surface area contributed by atoms with Crippen LogP contribution in [0.1, 0.15) is 38.5 Å². The second kappa shape index (κ2) is 5.79. The van der Waals surface area contributed by atoms with Gasteiger partial charge in [0, 0.05) is 0 Å². The third-order valence-corrected chi connectivity index (χ3v) is 2.49. The number of allylic oxidation sites excluding steroid dienone is 1. The Hall–Kier alpha value is -0.790. The fourth-order valence-electron chi connectivity index (χ4n) is 1.33. The van der Waals surface area contributed by atoms with Gasteiger partial charge in [-0.25, -0.2) is 0 Å². The summed E-state index contributed by atoms with van der Waals surface area (Å²) < 4.78 is 5.12. The van der Waals surface area contributed by atoms with Crippen LogP contribution in [0.2, 0.25) is 0 Å². The Morgan fingerprint density at radius 2 is 2.23 bits per heavy atom. The van der Waals surface area contributed by atoms with Gasteiger partial charge in [-0.15, -0.1) is 6.58 Å². The summed E-state index contributed by atoms with van der Waals surface area (Å²) in [5.41, 5.74) is 0. The summed E-state index contributed by atoms with van der Waals surface area (Å²) in [4.78, 5) is 11.2. The first-order valence-electron chi connectivity index (χ1n) is 5.12. The van der Waals surface area contributed by atoms with Crippen molar-refractivity contribution in [3.8, 4) is 0 Å². The van der Waals surface area contributed by atoms with Crippen molar-refractivity contribution in [1.82, 2.24) is 0 Å². The first kappa shape index (κ1) is 10.3. The lowest BCUT2D eigenvalue weighted by Crippen LogP contribution is -2.24. The molecule has 0 N–H and O–H groups in total. The summed E-state index contributed by atoms with van der Waals surface area (Å²) in [5.74, 6) is 0.240. The number of esters is 1. The maximum Gasteiger partial charge on any atom is 0.308 e. The molecule has 0 bridgehead atoms. The Labute approximate surface area is 80.0 Å². The Bertz CT molecular complexity index is 171. The standard InChI is InChI=1S/C11H18O2/c1-2-3-4-5-9-13-11(12)10-7-6-8-10/h2,10H,1,3-9H2. The molecule has 0 aliphatic heterocycles. The summed E-state index contributed by atoms with van der Waals surface area (Å²) in [6.45, 7) is 4.22. The molecule has 1 aliphatic carbocycles. The molecule has 74 valence electrons. The Morgan fingerprint density at radius 3 is 2.77 bits per heavy atom. The molecule has 0 atom stereocenters. The van der Waals surface area contributed by atoms with Crippen molar-refractivity contribution < 1.29 is 9.53 Å². The molecule has 2 heteroatoms. The van der Waals surface area contributed by atoms with Gasteiger partial charge in [0.15, 0.2) is 0 Å². The highest BCUT2D eigenvalue weighted by Gasteiger charge is 2.26. The molecule has 13 heavy (non-hydrogen) atoms. The van der Waals surface area contributed by atoms with E-state index in [1.165, 1.54) is 6.42 Å².